The highest BCUT2D eigenvalue weighted by atomic mass is 16.5. The molecule has 2 aromatic rings. The Morgan fingerprint density at radius 3 is 3.05 bits per heavy atom. The fraction of sp³-hybridized carbons (Fsp3) is 0.429. The molecule has 100 valence electrons. The summed E-state index contributed by atoms with van der Waals surface area (Å²) < 4.78 is 10.4. The smallest absolute Gasteiger partial charge is 0.228 e. The van der Waals surface area contributed by atoms with Crippen molar-refractivity contribution in [3.8, 4) is 17.1 Å². The van der Waals surface area contributed by atoms with Crippen molar-refractivity contribution in [1.82, 2.24) is 10.1 Å². The topological polar surface area (TPSA) is 74.2 Å². The molecule has 19 heavy (non-hydrogen) atoms. The maximum absolute atomic E-state index is 6.06. The lowest BCUT2D eigenvalue weighted by Crippen LogP contribution is -2.25. The average Bonchev–Trinajstić information content (AvgIpc) is 3.20. The SMILES string of the molecule is COc1cccc(-c2noc(CC(N)C3CC3)n2)c1. The van der Waals surface area contributed by atoms with Gasteiger partial charge in [0.15, 0.2) is 0 Å². The second kappa shape index (κ2) is 5.01. The highest BCUT2D eigenvalue weighted by Crippen LogP contribution is 2.32. The molecular weight excluding hydrogens is 242 g/mol. The Bertz CT molecular complexity index is 563. The van der Waals surface area contributed by atoms with Crippen molar-refractivity contribution in [2.24, 2.45) is 11.7 Å². The molecule has 0 radical (unpaired) electrons. The van der Waals surface area contributed by atoms with Gasteiger partial charge in [0.05, 0.1) is 7.11 Å². The fourth-order valence-electron chi connectivity index (χ4n) is 2.11. The van der Waals surface area contributed by atoms with E-state index < -0.39 is 0 Å². The van der Waals surface area contributed by atoms with Crippen LogP contribution in [-0.2, 0) is 6.42 Å². The Kier molecular flexibility index (Phi) is 3.21. The van der Waals surface area contributed by atoms with Gasteiger partial charge in [-0.1, -0.05) is 17.3 Å². The van der Waals surface area contributed by atoms with Crippen LogP contribution in [0.15, 0.2) is 28.8 Å². The Balaban J connectivity index is 1.75. The van der Waals surface area contributed by atoms with Gasteiger partial charge in [-0.15, -0.1) is 0 Å². The number of benzene rings is 1. The normalized spacial score (nSPS) is 16.3. The molecule has 1 unspecified atom stereocenters. The first-order chi connectivity index (χ1) is 9.26. The number of rotatable bonds is 5. The molecule has 0 saturated heterocycles. The Morgan fingerprint density at radius 2 is 2.32 bits per heavy atom. The molecule has 1 fully saturated rings. The molecule has 0 amide bonds. The third-order valence-corrected chi connectivity index (χ3v) is 3.43. The van der Waals surface area contributed by atoms with Crippen LogP contribution in [-0.4, -0.2) is 23.3 Å². The van der Waals surface area contributed by atoms with E-state index in [1.807, 2.05) is 24.3 Å². The molecule has 0 spiro atoms. The van der Waals surface area contributed by atoms with Crippen LogP contribution in [0.25, 0.3) is 11.4 Å². The molecule has 1 saturated carbocycles. The Morgan fingerprint density at radius 1 is 1.47 bits per heavy atom. The molecule has 5 nitrogen and oxygen atoms in total. The van der Waals surface area contributed by atoms with E-state index in [0.29, 0.717) is 24.1 Å². The van der Waals surface area contributed by atoms with Crippen LogP contribution in [0.1, 0.15) is 18.7 Å². The fourth-order valence-corrected chi connectivity index (χ4v) is 2.11. The number of nitrogens with two attached hydrogens (primary N) is 1. The van der Waals surface area contributed by atoms with Crippen LogP contribution < -0.4 is 10.5 Å². The third kappa shape index (κ3) is 2.76. The highest BCUT2D eigenvalue weighted by Gasteiger charge is 2.29. The maximum Gasteiger partial charge on any atom is 0.228 e. The first-order valence-corrected chi connectivity index (χ1v) is 6.49. The summed E-state index contributed by atoms with van der Waals surface area (Å²) in [5.41, 5.74) is 6.94. The minimum atomic E-state index is 0.138. The van der Waals surface area contributed by atoms with Gasteiger partial charge >= 0.3 is 0 Å². The van der Waals surface area contributed by atoms with Crippen molar-refractivity contribution in [2.75, 3.05) is 7.11 Å². The summed E-state index contributed by atoms with van der Waals surface area (Å²) in [6.07, 6.45) is 3.09. The molecule has 3 rings (SSSR count). The van der Waals surface area contributed by atoms with Crippen molar-refractivity contribution in [3.63, 3.8) is 0 Å². The number of ether oxygens (including phenoxy) is 1. The molecule has 2 N–H and O–H groups in total. The van der Waals surface area contributed by atoms with Crippen LogP contribution >= 0.6 is 0 Å². The quantitative estimate of drug-likeness (QED) is 0.889. The summed E-state index contributed by atoms with van der Waals surface area (Å²) >= 11 is 0. The van der Waals surface area contributed by atoms with Crippen LogP contribution in [0.3, 0.4) is 0 Å². The second-order valence-corrected chi connectivity index (χ2v) is 4.95. The van der Waals surface area contributed by atoms with E-state index in [-0.39, 0.29) is 6.04 Å². The maximum atomic E-state index is 6.06. The van der Waals surface area contributed by atoms with E-state index in [1.54, 1.807) is 7.11 Å². The molecular formula is C14H17N3O2. The van der Waals surface area contributed by atoms with Crippen LogP contribution in [0.4, 0.5) is 0 Å². The number of hydrogen-bond donors (Lipinski definition) is 1. The van der Waals surface area contributed by atoms with Gasteiger partial charge < -0.3 is 15.0 Å². The van der Waals surface area contributed by atoms with Gasteiger partial charge in [0.25, 0.3) is 0 Å². The zero-order valence-electron chi connectivity index (χ0n) is 10.9. The monoisotopic (exact) mass is 259 g/mol. The number of methoxy groups -OCH3 is 1. The largest absolute Gasteiger partial charge is 0.497 e. The summed E-state index contributed by atoms with van der Waals surface area (Å²) in [6.45, 7) is 0. The Hall–Kier alpha value is -1.88. The summed E-state index contributed by atoms with van der Waals surface area (Å²) in [6, 6.07) is 7.74. The van der Waals surface area contributed by atoms with Crippen LogP contribution in [0.2, 0.25) is 0 Å². The van der Waals surface area contributed by atoms with Gasteiger partial charge in [-0.3, -0.25) is 0 Å². The molecule has 1 atom stereocenters. The average molecular weight is 259 g/mol. The lowest BCUT2D eigenvalue weighted by Gasteiger charge is -2.04. The molecule has 1 aliphatic carbocycles. The highest BCUT2D eigenvalue weighted by molar-refractivity contribution is 5.56. The Labute approximate surface area is 111 Å². The van der Waals surface area contributed by atoms with Crippen LogP contribution in [0, 0.1) is 5.92 Å². The van der Waals surface area contributed by atoms with E-state index in [1.165, 1.54) is 12.8 Å². The minimum absolute atomic E-state index is 0.138. The van der Waals surface area contributed by atoms with E-state index >= 15 is 0 Å². The standard InChI is InChI=1S/C14H17N3O2/c1-18-11-4-2-3-10(7-11)14-16-13(19-17-14)8-12(15)9-5-6-9/h2-4,7,9,12H,5-6,8,15H2,1H3. The third-order valence-electron chi connectivity index (χ3n) is 3.43. The molecule has 0 aliphatic heterocycles. The zero-order valence-corrected chi connectivity index (χ0v) is 10.9. The first kappa shape index (κ1) is 12.2. The van der Waals surface area contributed by atoms with Crippen molar-refractivity contribution in [2.45, 2.75) is 25.3 Å². The molecule has 0 bridgehead atoms. The van der Waals surface area contributed by atoms with Gasteiger partial charge in [0.2, 0.25) is 11.7 Å². The van der Waals surface area contributed by atoms with Gasteiger partial charge in [0, 0.05) is 18.0 Å². The van der Waals surface area contributed by atoms with Gasteiger partial charge in [0.1, 0.15) is 5.75 Å². The lowest BCUT2D eigenvalue weighted by molar-refractivity contribution is 0.364. The predicted octanol–water partition coefficient (Wildman–Crippen LogP) is 2.02. The van der Waals surface area contributed by atoms with Gasteiger partial charge in [-0.05, 0) is 30.9 Å². The first-order valence-electron chi connectivity index (χ1n) is 6.49. The van der Waals surface area contributed by atoms with E-state index in [9.17, 15) is 0 Å². The summed E-state index contributed by atoms with van der Waals surface area (Å²) in [7, 11) is 1.63. The summed E-state index contributed by atoms with van der Waals surface area (Å²) in [4.78, 5) is 4.39. The molecule has 1 aliphatic rings. The van der Waals surface area contributed by atoms with Gasteiger partial charge in [-0.25, -0.2) is 0 Å². The lowest BCUT2D eigenvalue weighted by atomic mass is 10.1. The van der Waals surface area contributed by atoms with Crippen molar-refractivity contribution < 1.29 is 9.26 Å². The number of nitrogens with zero attached hydrogens (tertiary/aromatic N) is 2. The molecule has 1 aromatic carbocycles. The second-order valence-electron chi connectivity index (χ2n) is 4.95. The van der Waals surface area contributed by atoms with Crippen molar-refractivity contribution in [1.29, 1.82) is 0 Å². The predicted molar refractivity (Wildman–Crippen MR) is 70.7 cm³/mol. The molecule has 1 heterocycles. The minimum Gasteiger partial charge on any atom is -0.497 e. The number of aromatic nitrogens is 2. The summed E-state index contributed by atoms with van der Waals surface area (Å²) in [5, 5.41) is 4.00. The summed E-state index contributed by atoms with van der Waals surface area (Å²) in [5.74, 6) is 2.60. The van der Waals surface area contributed by atoms with E-state index in [2.05, 4.69) is 10.1 Å². The van der Waals surface area contributed by atoms with Gasteiger partial charge in [-0.2, -0.15) is 4.98 Å². The molecule has 1 aromatic heterocycles. The van der Waals surface area contributed by atoms with Crippen LogP contribution in [0.5, 0.6) is 5.75 Å². The molecule has 5 heteroatoms. The van der Waals surface area contributed by atoms with Crippen molar-refractivity contribution in [3.05, 3.63) is 30.2 Å². The van der Waals surface area contributed by atoms with E-state index in [0.717, 1.165) is 11.3 Å². The zero-order chi connectivity index (χ0) is 13.2. The van der Waals surface area contributed by atoms with E-state index in [4.69, 9.17) is 15.0 Å². The number of hydrogen-bond acceptors (Lipinski definition) is 5. The van der Waals surface area contributed by atoms with Crippen molar-refractivity contribution >= 4 is 0 Å².